The van der Waals surface area contributed by atoms with Gasteiger partial charge in [-0.25, -0.2) is 8.42 Å². The van der Waals surface area contributed by atoms with E-state index in [1.165, 1.54) is 37.3 Å². The van der Waals surface area contributed by atoms with E-state index in [1.54, 1.807) is 31.2 Å². The Morgan fingerprint density at radius 2 is 1.62 bits per heavy atom. The summed E-state index contributed by atoms with van der Waals surface area (Å²) in [6.45, 7) is 6.88. The molecular weight excluding hydrogens is 622 g/mol. The molecule has 2 atom stereocenters. The number of sulfonamides is 1. The molecule has 0 unspecified atom stereocenters. The summed E-state index contributed by atoms with van der Waals surface area (Å²) in [4.78, 5) is 28.7. The summed E-state index contributed by atoms with van der Waals surface area (Å²) in [6, 6.07) is 17.5. The first-order chi connectivity index (χ1) is 19.9. The van der Waals surface area contributed by atoms with Crippen molar-refractivity contribution in [3.05, 3.63) is 82.3 Å². The monoisotopic (exact) mass is 659 g/mol. The summed E-state index contributed by atoms with van der Waals surface area (Å²) in [7, 11) is -1.28. The largest absolute Gasteiger partial charge is 0.493 e. The maximum Gasteiger partial charge on any atom is 0.264 e. The summed E-state index contributed by atoms with van der Waals surface area (Å²) in [6.07, 6.45) is 0.722. The van der Waals surface area contributed by atoms with Crippen molar-refractivity contribution in [2.24, 2.45) is 0 Å². The number of amides is 2. The van der Waals surface area contributed by atoms with Gasteiger partial charge in [0.15, 0.2) is 11.5 Å². The van der Waals surface area contributed by atoms with E-state index in [2.05, 4.69) is 21.2 Å². The van der Waals surface area contributed by atoms with E-state index in [-0.39, 0.29) is 29.1 Å². The number of methoxy groups -OCH3 is 2. The number of aryl methyl sites for hydroxylation is 1. The van der Waals surface area contributed by atoms with Gasteiger partial charge in [0.2, 0.25) is 11.8 Å². The number of benzene rings is 3. The first kappa shape index (κ1) is 32.9. The maximum atomic E-state index is 14.1. The van der Waals surface area contributed by atoms with Crippen molar-refractivity contribution in [2.75, 3.05) is 25.1 Å². The van der Waals surface area contributed by atoms with Crippen LogP contribution in [0.2, 0.25) is 0 Å². The predicted octanol–water partition coefficient (Wildman–Crippen LogP) is 5.30. The molecule has 3 aromatic carbocycles. The van der Waals surface area contributed by atoms with Crippen LogP contribution in [0.4, 0.5) is 5.69 Å². The Morgan fingerprint density at radius 1 is 0.952 bits per heavy atom. The fourth-order valence-corrected chi connectivity index (χ4v) is 6.08. The molecule has 11 heteroatoms. The molecule has 1 N–H and O–H groups in total. The highest BCUT2D eigenvalue weighted by molar-refractivity contribution is 9.10. The lowest BCUT2D eigenvalue weighted by molar-refractivity contribution is -0.139. The minimum absolute atomic E-state index is 0.0248. The lowest BCUT2D eigenvalue weighted by atomic mass is 10.1. The third-order valence-corrected chi connectivity index (χ3v) is 9.23. The van der Waals surface area contributed by atoms with E-state index < -0.39 is 28.5 Å². The van der Waals surface area contributed by atoms with Crippen LogP contribution in [0.5, 0.6) is 11.5 Å². The number of halogens is 1. The molecule has 0 aromatic heterocycles. The molecule has 42 heavy (non-hydrogen) atoms. The Labute approximate surface area is 257 Å². The molecule has 0 saturated heterocycles. The number of hydrogen-bond donors (Lipinski definition) is 1. The second kappa shape index (κ2) is 14.6. The number of carbonyl (C=O) groups excluding carboxylic acids is 2. The highest BCUT2D eigenvalue weighted by atomic mass is 79.9. The molecule has 0 heterocycles. The van der Waals surface area contributed by atoms with Gasteiger partial charge < -0.3 is 19.7 Å². The van der Waals surface area contributed by atoms with Crippen LogP contribution in [0.25, 0.3) is 0 Å². The third-order valence-electron chi connectivity index (χ3n) is 6.95. The SMILES string of the molecule is CC[C@H](C)NC(=O)[C@H](C)N(Cc1cccc(Br)c1)C(=O)CN(c1ccc(OC)c(OC)c1)S(=O)(=O)c1ccc(C)cc1. The van der Waals surface area contributed by atoms with Gasteiger partial charge in [-0.3, -0.25) is 13.9 Å². The summed E-state index contributed by atoms with van der Waals surface area (Å²) < 4.78 is 40.7. The quantitative estimate of drug-likeness (QED) is 0.267. The smallest absolute Gasteiger partial charge is 0.264 e. The van der Waals surface area contributed by atoms with Crippen LogP contribution < -0.4 is 19.1 Å². The van der Waals surface area contributed by atoms with E-state index >= 15 is 0 Å². The second-order valence-corrected chi connectivity index (χ2v) is 12.8. The van der Waals surface area contributed by atoms with Gasteiger partial charge in [0, 0.05) is 23.1 Å². The van der Waals surface area contributed by atoms with Crippen molar-refractivity contribution < 1.29 is 27.5 Å². The van der Waals surface area contributed by atoms with Gasteiger partial charge in [0.05, 0.1) is 24.8 Å². The van der Waals surface area contributed by atoms with E-state index in [4.69, 9.17) is 9.47 Å². The predicted molar refractivity (Wildman–Crippen MR) is 167 cm³/mol. The number of ether oxygens (including phenoxy) is 2. The molecule has 0 spiro atoms. The summed E-state index contributed by atoms with van der Waals surface area (Å²) >= 11 is 3.46. The molecule has 0 aliphatic rings. The molecule has 9 nitrogen and oxygen atoms in total. The molecule has 0 bridgehead atoms. The Bertz CT molecular complexity index is 1500. The standard InChI is InChI=1S/C31H38BrN3O6S/c1-7-22(3)33-31(37)23(4)34(19-24-9-8-10-25(32)17-24)30(36)20-35(26-13-16-28(40-5)29(18-26)41-6)42(38,39)27-14-11-21(2)12-15-27/h8-18,22-23H,7,19-20H2,1-6H3,(H,33,37)/t22-,23-/m0/s1. The molecule has 0 aliphatic carbocycles. The van der Waals surface area contributed by atoms with Gasteiger partial charge in [-0.1, -0.05) is 52.7 Å². The fourth-order valence-electron chi connectivity index (χ4n) is 4.23. The normalized spacial score (nSPS) is 12.6. The van der Waals surface area contributed by atoms with Crippen molar-refractivity contribution in [3.8, 4) is 11.5 Å². The summed E-state index contributed by atoms with van der Waals surface area (Å²) in [5.41, 5.74) is 1.88. The van der Waals surface area contributed by atoms with Gasteiger partial charge >= 0.3 is 0 Å². The average molecular weight is 661 g/mol. The van der Waals surface area contributed by atoms with E-state index in [0.29, 0.717) is 11.5 Å². The number of anilines is 1. The van der Waals surface area contributed by atoms with Crippen LogP contribution in [0, 0.1) is 6.92 Å². The van der Waals surface area contributed by atoms with E-state index in [1.807, 2.05) is 45.0 Å². The number of nitrogens with zero attached hydrogens (tertiary/aromatic N) is 2. The minimum atomic E-state index is -4.21. The van der Waals surface area contributed by atoms with Crippen LogP contribution in [0.15, 0.2) is 76.1 Å². The van der Waals surface area contributed by atoms with Gasteiger partial charge in [-0.15, -0.1) is 0 Å². The molecular formula is C31H38BrN3O6S. The molecule has 2 amide bonds. The summed E-state index contributed by atoms with van der Waals surface area (Å²) in [5.74, 6) is -0.162. The summed E-state index contributed by atoms with van der Waals surface area (Å²) in [5, 5.41) is 2.93. The number of nitrogens with one attached hydrogen (secondary N) is 1. The number of hydrogen-bond acceptors (Lipinski definition) is 6. The van der Waals surface area contributed by atoms with Crippen LogP contribution in [-0.4, -0.2) is 58.0 Å². The molecule has 0 fully saturated rings. The minimum Gasteiger partial charge on any atom is -0.493 e. The first-order valence-corrected chi connectivity index (χ1v) is 15.8. The Kier molecular flexibility index (Phi) is 11.4. The van der Waals surface area contributed by atoms with Crippen LogP contribution in [0.1, 0.15) is 38.3 Å². The van der Waals surface area contributed by atoms with Crippen LogP contribution in [0.3, 0.4) is 0 Å². The molecule has 3 rings (SSSR count). The average Bonchev–Trinajstić information content (AvgIpc) is 2.97. The maximum absolute atomic E-state index is 14.1. The van der Waals surface area contributed by atoms with Crippen molar-refractivity contribution >= 4 is 43.5 Å². The second-order valence-electron chi connectivity index (χ2n) is 10.0. The molecule has 0 saturated carbocycles. The molecule has 226 valence electrons. The molecule has 0 radical (unpaired) electrons. The molecule has 0 aliphatic heterocycles. The van der Waals surface area contributed by atoms with Crippen molar-refractivity contribution in [3.63, 3.8) is 0 Å². The van der Waals surface area contributed by atoms with Gasteiger partial charge in [-0.05, 0) is 69.2 Å². The van der Waals surface area contributed by atoms with Crippen molar-refractivity contribution in [2.45, 2.75) is 57.6 Å². The van der Waals surface area contributed by atoms with Gasteiger partial charge in [0.25, 0.3) is 10.0 Å². The highest BCUT2D eigenvalue weighted by Crippen LogP contribution is 2.34. The van der Waals surface area contributed by atoms with Gasteiger partial charge in [0.1, 0.15) is 12.6 Å². The number of rotatable bonds is 13. The van der Waals surface area contributed by atoms with Crippen molar-refractivity contribution in [1.29, 1.82) is 0 Å². The Balaban J connectivity index is 2.09. The lowest BCUT2D eigenvalue weighted by Crippen LogP contribution is -2.52. The van der Waals surface area contributed by atoms with E-state index in [9.17, 15) is 18.0 Å². The topological polar surface area (TPSA) is 105 Å². The third kappa shape index (κ3) is 8.04. The number of carbonyl (C=O) groups is 2. The Hall–Kier alpha value is -3.57. The lowest BCUT2D eigenvalue weighted by Gasteiger charge is -2.32. The zero-order valence-electron chi connectivity index (χ0n) is 24.8. The van der Waals surface area contributed by atoms with E-state index in [0.717, 1.165) is 26.3 Å². The first-order valence-electron chi connectivity index (χ1n) is 13.6. The van der Waals surface area contributed by atoms with Crippen molar-refractivity contribution in [1.82, 2.24) is 10.2 Å². The fraction of sp³-hybridized carbons (Fsp3) is 0.355. The Morgan fingerprint density at radius 3 is 2.21 bits per heavy atom. The zero-order chi connectivity index (χ0) is 31.0. The zero-order valence-corrected chi connectivity index (χ0v) is 27.2. The van der Waals surface area contributed by atoms with Crippen LogP contribution >= 0.6 is 15.9 Å². The van der Waals surface area contributed by atoms with Crippen LogP contribution in [-0.2, 0) is 26.2 Å². The van der Waals surface area contributed by atoms with Gasteiger partial charge in [-0.2, -0.15) is 0 Å². The molecule has 3 aromatic rings. The highest BCUT2D eigenvalue weighted by Gasteiger charge is 2.33.